The lowest BCUT2D eigenvalue weighted by Gasteiger charge is -2.09. The lowest BCUT2D eigenvalue weighted by Crippen LogP contribution is -2.35. The molecule has 1 aromatic heterocycles. The average molecular weight is 303 g/mol. The first-order valence-electron chi connectivity index (χ1n) is 5.57. The van der Waals surface area contributed by atoms with E-state index < -0.39 is 6.03 Å². The topological polar surface area (TPSA) is 70.8 Å². The minimum absolute atomic E-state index is 0.286. The number of nitrogens with zero attached hydrogens (tertiary/aromatic N) is 5. The third kappa shape index (κ3) is 4.06. The molecule has 0 N–H and O–H groups in total. The van der Waals surface area contributed by atoms with Crippen molar-refractivity contribution in [2.24, 2.45) is 4.99 Å². The lowest BCUT2D eigenvalue weighted by atomic mass is 10.8. The molecule has 0 saturated carbocycles. The van der Waals surface area contributed by atoms with Crippen LogP contribution in [0.15, 0.2) is 9.33 Å². The van der Waals surface area contributed by atoms with Crippen LogP contribution < -0.4 is 4.80 Å². The standard InChI is InChI=1S/C10H17N5O2S2/c1-6-18-9-12-15(10(17)14(4)5)8(19-9)11-7(16)13(2)3/h6H2,1-5H3. The van der Waals surface area contributed by atoms with Crippen molar-refractivity contribution in [2.75, 3.05) is 33.9 Å². The number of carbonyl (C=O) groups excluding carboxylic acids is 2. The largest absolute Gasteiger partial charge is 0.346 e. The molecule has 9 heteroatoms. The molecule has 0 aliphatic carbocycles. The summed E-state index contributed by atoms with van der Waals surface area (Å²) < 4.78 is 1.87. The number of hydrogen-bond donors (Lipinski definition) is 0. The van der Waals surface area contributed by atoms with Crippen molar-refractivity contribution in [3.05, 3.63) is 4.80 Å². The summed E-state index contributed by atoms with van der Waals surface area (Å²) in [5.74, 6) is 0.838. The van der Waals surface area contributed by atoms with Crippen molar-refractivity contribution in [3.63, 3.8) is 0 Å². The van der Waals surface area contributed by atoms with Gasteiger partial charge in [0.25, 0.3) is 0 Å². The molecule has 0 aromatic carbocycles. The Bertz CT molecular complexity index is 532. The molecule has 19 heavy (non-hydrogen) atoms. The van der Waals surface area contributed by atoms with Gasteiger partial charge in [-0.1, -0.05) is 30.0 Å². The quantitative estimate of drug-likeness (QED) is 0.769. The van der Waals surface area contributed by atoms with E-state index in [1.165, 1.54) is 32.9 Å². The summed E-state index contributed by atoms with van der Waals surface area (Å²) in [5.41, 5.74) is 0. The molecule has 0 bridgehead atoms. The maximum atomic E-state index is 12.0. The van der Waals surface area contributed by atoms with Crippen LogP contribution in [0.5, 0.6) is 0 Å². The van der Waals surface area contributed by atoms with Crippen molar-refractivity contribution in [1.29, 1.82) is 0 Å². The second-order valence-electron chi connectivity index (χ2n) is 3.96. The molecule has 0 fully saturated rings. The molecule has 0 radical (unpaired) electrons. The first-order valence-corrected chi connectivity index (χ1v) is 7.37. The fourth-order valence-corrected chi connectivity index (χ4v) is 2.82. The summed E-state index contributed by atoms with van der Waals surface area (Å²) in [6.45, 7) is 1.99. The molecule has 1 rings (SSSR count). The number of urea groups is 1. The highest BCUT2D eigenvalue weighted by atomic mass is 32.2. The molecular weight excluding hydrogens is 286 g/mol. The second kappa shape index (κ2) is 6.71. The lowest BCUT2D eigenvalue weighted by molar-refractivity contribution is 0.214. The molecule has 0 aliphatic rings. The van der Waals surface area contributed by atoms with Crippen LogP contribution in [0, 0.1) is 0 Å². The summed E-state index contributed by atoms with van der Waals surface area (Å²) in [4.78, 5) is 30.5. The molecule has 0 saturated heterocycles. The molecule has 106 valence electrons. The number of carbonyl (C=O) groups is 2. The monoisotopic (exact) mass is 303 g/mol. The van der Waals surface area contributed by atoms with Gasteiger partial charge in [0.1, 0.15) is 0 Å². The van der Waals surface area contributed by atoms with Crippen LogP contribution >= 0.6 is 23.1 Å². The number of hydrogen-bond acceptors (Lipinski definition) is 5. The summed E-state index contributed by atoms with van der Waals surface area (Å²) in [7, 11) is 6.46. The van der Waals surface area contributed by atoms with Gasteiger partial charge in [-0.15, -0.1) is 5.10 Å². The maximum absolute atomic E-state index is 12.0. The number of aromatic nitrogens is 2. The zero-order chi connectivity index (χ0) is 14.6. The summed E-state index contributed by atoms with van der Waals surface area (Å²) >= 11 is 2.73. The Balaban J connectivity index is 3.28. The van der Waals surface area contributed by atoms with Gasteiger partial charge in [-0.05, 0) is 5.75 Å². The van der Waals surface area contributed by atoms with E-state index in [1.807, 2.05) is 6.92 Å². The first kappa shape index (κ1) is 15.7. The second-order valence-corrected chi connectivity index (χ2v) is 6.43. The molecule has 0 aliphatic heterocycles. The van der Waals surface area contributed by atoms with Gasteiger partial charge in [-0.3, -0.25) is 0 Å². The Labute approximate surface area is 119 Å². The van der Waals surface area contributed by atoms with E-state index in [4.69, 9.17) is 0 Å². The first-order chi connectivity index (χ1) is 8.86. The molecule has 0 unspecified atom stereocenters. The van der Waals surface area contributed by atoms with Crippen LogP contribution in [0.1, 0.15) is 6.92 Å². The predicted molar refractivity (Wildman–Crippen MR) is 75.6 cm³/mol. The van der Waals surface area contributed by atoms with Gasteiger partial charge in [0.2, 0.25) is 4.80 Å². The highest BCUT2D eigenvalue weighted by Crippen LogP contribution is 2.16. The van der Waals surface area contributed by atoms with Crippen LogP contribution in [-0.2, 0) is 0 Å². The van der Waals surface area contributed by atoms with Crippen molar-refractivity contribution in [1.82, 2.24) is 19.6 Å². The van der Waals surface area contributed by atoms with Crippen molar-refractivity contribution in [3.8, 4) is 0 Å². The van der Waals surface area contributed by atoms with Gasteiger partial charge in [0, 0.05) is 28.2 Å². The Morgan fingerprint density at radius 2 is 1.95 bits per heavy atom. The average Bonchev–Trinajstić information content (AvgIpc) is 2.71. The van der Waals surface area contributed by atoms with Crippen LogP contribution in [0.3, 0.4) is 0 Å². The van der Waals surface area contributed by atoms with E-state index in [2.05, 4.69) is 10.1 Å². The zero-order valence-electron chi connectivity index (χ0n) is 11.6. The Morgan fingerprint density at radius 1 is 1.32 bits per heavy atom. The summed E-state index contributed by atoms with van der Waals surface area (Å²) in [5, 5.41) is 4.18. The molecule has 0 spiro atoms. The van der Waals surface area contributed by atoms with Gasteiger partial charge in [0.15, 0.2) is 4.34 Å². The number of amides is 3. The van der Waals surface area contributed by atoms with Crippen LogP contribution in [0.4, 0.5) is 9.59 Å². The van der Waals surface area contributed by atoms with Gasteiger partial charge in [-0.25, -0.2) is 9.59 Å². The van der Waals surface area contributed by atoms with E-state index in [1.54, 1.807) is 28.2 Å². The van der Waals surface area contributed by atoms with Crippen LogP contribution in [0.2, 0.25) is 0 Å². The highest BCUT2D eigenvalue weighted by Gasteiger charge is 2.15. The third-order valence-electron chi connectivity index (χ3n) is 1.95. The van der Waals surface area contributed by atoms with E-state index in [9.17, 15) is 9.59 Å². The van der Waals surface area contributed by atoms with E-state index in [0.29, 0.717) is 4.34 Å². The van der Waals surface area contributed by atoms with Crippen LogP contribution in [0.25, 0.3) is 0 Å². The van der Waals surface area contributed by atoms with Gasteiger partial charge < -0.3 is 9.80 Å². The summed E-state index contributed by atoms with van der Waals surface area (Å²) in [6, 6.07) is -0.749. The van der Waals surface area contributed by atoms with Crippen molar-refractivity contribution >= 4 is 35.2 Å². The Morgan fingerprint density at radius 3 is 2.42 bits per heavy atom. The van der Waals surface area contributed by atoms with Crippen LogP contribution in [-0.4, -0.2) is 65.6 Å². The molecule has 3 amide bonds. The number of thioether (sulfide) groups is 1. The minimum Gasteiger partial charge on any atom is -0.329 e. The highest BCUT2D eigenvalue weighted by molar-refractivity contribution is 8.00. The summed E-state index contributed by atoms with van der Waals surface area (Å²) in [6.07, 6.45) is 0. The molecule has 7 nitrogen and oxygen atoms in total. The van der Waals surface area contributed by atoms with E-state index in [0.717, 1.165) is 10.4 Å². The molecule has 0 atom stereocenters. The fraction of sp³-hybridized carbons (Fsp3) is 0.600. The third-order valence-corrected chi connectivity index (χ3v) is 3.87. The molecule has 1 heterocycles. The fourth-order valence-electron chi connectivity index (χ4n) is 1.01. The maximum Gasteiger partial charge on any atom is 0.346 e. The van der Waals surface area contributed by atoms with Gasteiger partial charge in [0.05, 0.1) is 0 Å². The van der Waals surface area contributed by atoms with E-state index >= 15 is 0 Å². The predicted octanol–water partition coefficient (Wildman–Crippen LogP) is 1.17. The molecular formula is C10H17N5O2S2. The zero-order valence-corrected chi connectivity index (χ0v) is 13.2. The van der Waals surface area contributed by atoms with Gasteiger partial charge >= 0.3 is 12.1 Å². The van der Waals surface area contributed by atoms with Gasteiger partial charge in [-0.2, -0.15) is 9.67 Å². The van der Waals surface area contributed by atoms with Crippen molar-refractivity contribution in [2.45, 2.75) is 11.3 Å². The normalized spacial score (nSPS) is 11.5. The minimum atomic E-state index is -0.419. The molecule has 1 aromatic rings. The van der Waals surface area contributed by atoms with E-state index in [-0.39, 0.29) is 10.8 Å². The number of rotatable bonds is 2. The Hall–Kier alpha value is -1.35. The SMILES string of the molecule is CCSc1nn(C(=O)N(C)C)c(=NC(=O)N(C)C)s1. The Kier molecular flexibility index (Phi) is 5.55. The van der Waals surface area contributed by atoms with Crippen molar-refractivity contribution < 1.29 is 9.59 Å². The smallest absolute Gasteiger partial charge is 0.329 e.